The first-order chi connectivity index (χ1) is 8.39. The van der Waals surface area contributed by atoms with E-state index >= 15 is 0 Å². The van der Waals surface area contributed by atoms with E-state index < -0.39 is 16.0 Å². The van der Waals surface area contributed by atoms with Crippen molar-refractivity contribution >= 4 is 16.0 Å². The van der Waals surface area contributed by atoms with Crippen LogP contribution in [0.2, 0.25) is 0 Å². The van der Waals surface area contributed by atoms with Crippen molar-refractivity contribution in [3.05, 3.63) is 29.8 Å². The maximum Gasteiger partial charge on any atom is 0.306 e. The minimum absolute atomic E-state index is 0.0398. The van der Waals surface area contributed by atoms with Gasteiger partial charge in [-0.2, -0.15) is 0 Å². The molecule has 6 heteroatoms. The summed E-state index contributed by atoms with van der Waals surface area (Å²) in [6.07, 6.45) is 0.0398. The second-order valence-corrected chi connectivity index (χ2v) is 5.93. The van der Waals surface area contributed by atoms with Crippen molar-refractivity contribution in [2.24, 2.45) is 0 Å². The molecule has 0 aliphatic rings. The Morgan fingerprint density at radius 3 is 2.50 bits per heavy atom. The highest BCUT2D eigenvalue weighted by atomic mass is 32.2. The van der Waals surface area contributed by atoms with E-state index in [0.717, 1.165) is 4.31 Å². The largest absolute Gasteiger partial charge is 0.469 e. The van der Waals surface area contributed by atoms with Gasteiger partial charge in [0.15, 0.2) is 0 Å². The van der Waals surface area contributed by atoms with E-state index in [9.17, 15) is 13.2 Å². The number of rotatable bonds is 5. The summed E-state index contributed by atoms with van der Waals surface area (Å²) >= 11 is 0. The van der Waals surface area contributed by atoms with Gasteiger partial charge in [0.25, 0.3) is 0 Å². The molecule has 0 spiro atoms. The molecule has 0 unspecified atom stereocenters. The Kier molecular flexibility index (Phi) is 4.86. The third kappa shape index (κ3) is 3.30. The van der Waals surface area contributed by atoms with E-state index in [4.69, 9.17) is 0 Å². The molecule has 0 heterocycles. The molecule has 5 nitrogen and oxygen atoms in total. The lowest BCUT2D eigenvalue weighted by molar-refractivity contribution is -0.140. The predicted molar refractivity (Wildman–Crippen MR) is 67.6 cm³/mol. The van der Waals surface area contributed by atoms with Crippen molar-refractivity contribution in [3.63, 3.8) is 0 Å². The predicted octanol–water partition coefficient (Wildman–Crippen LogP) is 1.18. The Morgan fingerprint density at radius 2 is 1.94 bits per heavy atom. The van der Waals surface area contributed by atoms with E-state index in [1.807, 2.05) is 0 Å². The molecule has 0 aromatic heterocycles. The van der Waals surface area contributed by atoms with E-state index in [0.29, 0.717) is 5.56 Å². The summed E-state index contributed by atoms with van der Waals surface area (Å²) in [6, 6.07) is 6.75. The van der Waals surface area contributed by atoms with Gasteiger partial charge in [-0.25, -0.2) is 12.7 Å². The Balaban J connectivity index is 2.87. The van der Waals surface area contributed by atoms with Crippen LogP contribution in [0.25, 0.3) is 0 Å². The van der Waals surface area contributed by atoms with E-state index in [2.05, 4.69) is 4.74 Å². The summed E-state index contributed by atoms with van der Waals surface area (Å²) in [5.74, 6) is -0.429. The molecule has 0 saturated carbocycles. The number of nitrogens with zero attached hydrogens (tertiary/aromatic N) is 1. The number of ether oxygens (including phenoxy) is 1. The summed E-state index contributed by atoms with van der Waals surface area (Å²) in [5, 5.41) is 0. The molecule has 1 aromatic rings. The highest BCUT2D eigenvalue weighted by Gasteiger charge is 2.22. The van der Waals surface area contributed by atoms with Gasteiger partial charge in [0, 0.05) is 13.6 Å². The van der Waals surface area contributed by atoms with E-state index in [-0.39, 0.29) is 17.9 Å². The normalized spacial score (nSPS) is 11.6. The summed E-state index contributed by atoms with van der Waals surface area (Å²) in [7, 11) is -0.823. The van der Waals surface area contributed by atoms with Crippen molar-refractivity contribution in [1.29, 1.82) is 0 Å². The van der Waals surface area contributed by atoms with Crippen LogP contribution >= 0.6 is 0 Å². The third-order valence-corrected chi connectivity index (χ3v) is 4.66. The van der Waals surface area contributed by atoms with Crippen molar-refractivity contribution in [1.82, 2.24) is 4.31 Å². The molecule has 0 amide bonds. The van der Waals surface area contributed by atoms with Gasteiger partial charge in [0.1, 0.15) is 0 Å². The molecule has 0 atom stereocenters. The van der Waals surface area contributed by atoms with Crippen LogP contribution in [0.4, 0.5) is 0 Å². The van der Waals surface area contributed by atoms with Crippen molar-refractivity contribution in [2.75, 3.05) is 20.7 Å². The van der Waals surface area contributed by atoms with Crippen LogP contribution in [0.15, 0.2) is 29.2 Å². The molecule has 1 aromatic carbocycles. The third-order valence-electron chi connectivity index (χ3n) is 2.64. The number of methoxy groups -OCH3 is 1. The number of carbonyl (C=O) groups is 1. The average molecular weight is 271 g/mol. The molecule has 0 radical (unpaired) electrons. The quantitative estimate of drug-likeness (QED) is 0.754. The SMILES string of the molecule is COC(=O)CCN(C)S(=O)(=O)c1ccccc1C. The zero-order valence-corrected chi connectivity index (χ0v) is 11.5. The lowest BCUT2D eigenvalue weighted by Gasteiger charge is -2.17. The highest BCUT2D eigenvalue weighted by Crippen LogP contribution is 2.18. The molecule has 0 fully saturated rings. The lowest BCUT2D eigenvalue weighted by Crippen LogP contribution is -2.29. The van der Waals surface area contributed by atoms with Crippen LogP contribution in [0, 0.1) is 6.92 Å². The van der Waals surface area contributed by atoms with Crippen LogP contribution in [0.1, 0.15) is 12.0 Å². The van der Waals surface area contributed by atoms with Gasteiger partial charge >= 0.3 is 5.97 Å². The smallest absolute Gasteiger partial charge is 0.306 e. The lowest BCUT2D eigenvalue weighted by atomic mass is 10.2. The first-order valence-corrected chi connectivity index (χ1v) is 6.92. The van der Waals surface area contributed by atoms with Gasteiger partial charge in [-0.1, -0.05) is 18.2 Å². The van der Waals surface area contributed by atoms with Gasteiger partial charge in [0.2, 0.25) is 10.0 Å². The Morgan fingerprint density at radius 1 is 1.33 bits per heavy atom. The van der Waals surface area contributed by atoms with Gasteiger partial charge in [0.05, 0.1) is 18.4 Å². The number of hydrogen-bond donors (Lipinski definition) is 0. The van der Waals surface area contributed by atoms with Crippen LogP contribution in [-0.4, -0.2) is 39.4 Å². The number of aryl methyl sites for hydroxylation is 1. The number of sulfonamides is 1. The number of benzene rings is 1. The van der Waals surface area contributed by atoms with Crippen molar-refractivity contribution < 1.29 is 17.9 Å². The van der Waals surface area contributed by atoms with Gasteiger partial charge in [-0.15, -0.1) is 0 Å². The number of hydrogen-bond acceptors (Lipinski definition) is 4. The highest BCUT2D eigenvalue weighted by molar-refractivity contribution is 7.89. The van der Waals surface area contributed by atoms with E-state index in [1.54, 1.807) is 31.2 Å². The van der Waals surface area contributed by atoms with Crippen molar-refractivity contribution in [2.45, 2.75) is 18.2 Å². The molecule has 0 bridgehead atoms. The summed E-state index contributed by atoms with van der Waals surface area (Å²) in [6.45, 7) is 1.84. The summed E-state index contributed by atoms with van der Waals surface area (Å²) < 4.78 is 30.1. The fraction of sp³-hybridized carbons (Fsp3) is 0.417. The molecule has 18 heavy (non-hydrogen) atoms. The maximum absolute atomic E-state index is 12.2. The molecular formula is C12H17NO4S. The molecule has 0 aliphatic carbocycles. The standard InChI is InChI=1S/C12H17NO4S/c1-10-6-4-5-7-11(10)18(15,16)13(2)9-8-12(14)17-3/h4-7H,8-9H2,1-3H3. The first-order valence-electron chi connectivity index (χ1n) is 5.48. The van der Waals surface area contributed by atoms with Crippen LogP contribution in [0.3, 0.4) is 0 Å². The maximum atomic E-state index is 12.2. The zero-order chi connectivity index (χ0) is 13.8. The van der Waals surface area contributed by atoms with Crippen LogP contribution < -0.4 is 0 Å². The minimum atomic E-state index is -3.55. The summed E-state index contributed by atoms with van der Waals surface area (Å²) in [4.78, 5) is 11.3. The Hall–Kier alpha value is -1.40. The average Bonchev–Trinajstić information content (AvgIpc) is 2.35. The number of esters is 1. The zero-order valence-electron chi connectivity index (χ0n) is 10.7. The fourth-order valence-electron chi connectivity index (χ4n) is 1.48. The second kappa shape index (κ2) is 5.97. The Bertz CT molecular complexity index is 525. The molecule has 0 N–H and O–H groups in total. The summed E-state index contributed by atoms with van der Waals surface area (Å²) in [5.41, 5.74) is 0.683. The molecule has 0 aliphatic heterocycles. The van der Waals surface area contributed by atoms with Gasteiger partial charge in [-0.3, -0.25) is 4.79 Å². The molecule has 1 rings (SSSR count). The first kappa shape index (κ1) is 14.7. The number of carbonyl (C=O) groups excluding carboxylic acids is 1. The van der Waals surface area contributed by atoms with Crippen LogP contribution in [-0.2, 0) is 19.6 Å². The molecular weight excluding hydrogens is 254 g/mol. The van der Waals surface area contributed by atoms with Gasteiger partial charge < -0.3 is 4.74 Å². The molecule has 0 saturated heterocycles. The second-order valence-electron chi connectivity index (χ2n) is 3.92. The monoisotopic (exact) mass is 271 g/mol. The minimum Gasteiger partial charge on any atom is -0.469 e. The van der Waals surface area contributed by atoms with Crippen LogP contribution in [0.5, 0.6) is 0 Å². The fourth-order valence-corrected chi connectivity index (χ4v) is 2.88. The van der Waals surface area contributed by atoms with E-state index in [1.165, 1.54) is 14.2 Å². The topological polar surface area (TPSA) is 63.7 Å². The van der Waals surface area contributed by atoms with Crippen molar-refractivity contribution in [3.8, 4) is 0 Å². The molecule has 100 valence electrons. The Labute approximate surface area is 107 Å². The van der Waals surface area contributed by atoms with Gasteiger partial charge in [-0.05, 0) is 18.6 Å².